The number of sulfonamides is 1. The molecular formula is C19H21ClN2O4S. The highest BCUT2D eigenvalue weighted by Crippen LogP contribution is 2.28. The molecule has 6 nitrogen and oxygen atoms in total. The maximum atomic E-state index is 12.4. The van der Waals surface area contributed by atoms with Crippen molar-refractivity contribution >= 4 is 33.2 Å². The molecule has 0 aromatic heterocycles. The third-order valence-electron chi connectivity index (χ3n) is 4.32. The number of ether oxygens (including phenoxy) is 1. The lowest BCUT2D eigenvalue weighted by molar-refractivity contribution is -0.123. The molecule has 2 aromatic carbocycles. The molecule has 2 aromatic rings. The molecule has 0 heterocycles. The number of hydrogen-bond donors (Lipinski definition) is 2. The summed E-state index contributed by atoms with van der Waals surface area (Å²) in [7, 11) is -3.77. The van der Waals surface area contributed by atoms with E-state index in [1.807, 2.05) is 0 Å². The second kappa shape index (κ2) is 8.63. The van der Waals surface area contributed by atoms with Crippen LogP contribution in [0.25, 0.3) is 0 Å². The fourth-order valence-corrected chi connectivity index (χ4v) is 4.35. The van der Waals surface area contributed by atoms with Crippen molar-refractivity contribution in [1.29, 1.82) is 0 Å². The fraction of sp³-hybridized carbons (Fsp3) is 0.316. The van der Waals surface area contributed by atoms with Gasteiger partial charge in [-0.2, -0.15) is 0 Å². The van der Waals surface area contributed by atoms with Crippen LogP contribution < -0.4 is 14.8 Å². The van der Waals surface area contributed by atoms with E-state index in [1.54, 1.807) is 30.3 Å². The van der Waals surface area contributed by atoms with Gasteiger partial charge in [0.25, 0.3) is 15.9 Å². The molecule has 0 bridgehead atoms. The largest absolute Gasteiger partial charge is 0.482 e. The van der Waals surface area contributed by atoms with Crippen molar-refractivity contribution in [2.45, 2.75) is 36.6 Å². The van der Waals surface area contributed by atoms with Crippen LogP contribution >= 0.6 is 11.6 Å². The van der Waals surface area contributed by atoms with Crippen LogP contribution in [0.2, 0.25) is 5.02 Å². The van der Waals surface area contributed by atoms with Gasteiger partial charge >= 0.3 is 0 Å². The van der Waals surface area contributed by atoms with Crippen LogP contribution in [0.5, 0.6) is 5.75 Å². The third-order valence-corrected chi connectivity index (χ3v) is 5.99. The van der Waals surface area contributed by atoms with Crippen molar-refractivity contribution in [3.63, 3.8) is 0 Å². The minimum absolute atomic E-state index is 0.0131. The lowest BCUT2D eigenvalue weighted by Crippen LogP contribution is -2.36. The Morgan fingerprint density at radius 2 is 1.81 bits per heavy atom. The van der Waals surface area contributed by atoms with Crippen LogP contribution in [0, 0.1) is 0 Å². The number of anilines is 1. The number of benzene rings is 2. The molecule has 2 N–H and O–H groups in total. The number of hydrogen-bond acceptors (Lipinski definition) is 4. The predicted molar refractivity (Wildman–Crippen MR) is 105 cm³/mol. The zero-order chi connectivity index (χ0) is 19.3. The molecule has 1 aliphatic rings. The number of carbonyl (C=O) groups excluding carboxylic acids is 1. The van der Waals surface area contributed by atoms with Gasteiger partial charge in [-0.3, -0.25) is 9.52 Å². The van der Waals surface area contributed by atoms with Gasteiger partial charge in [-0.1, -0.05) is 42.6 Å². The number of rotatable bonds is 7. The number of nitrogens with one attached hydrogen (secondary N) is 2. The first kappa shape index (κ1) is 19.5. The Hall–Kier alpha value is -2.25. The predicted octanol–water partition coefficient (Wildman–Crippen LogP) is 3.58. The Bertz CT molecular complexity index is 897. The summed E-state index contributed by atoms with van der Waals surface area (Å²) in [6, 6.07) is 12.9. The van der Waals surface area contributed by atoms with E-state index in [0.717, 1.165) is 25.7 Å². The molecular weight excluding hydrogens is 388 g/mol. The Labute approximate surface area is 163 Å². The van der Waals surface area contributed by atoms with Gasteiger partial charge in [0, 0.05) is 11.7 Å². The van der Waals surface area contributed by atoms with Crippen LogP contribution in [-0.2, 0) is 14.8 Å². The molecule has 0 spiro atoms. The molecule has 27 heavy (non-hydrogen) atoms. The maximum absolute atomic E-state index is 12.4. The van der Waals surface area contributed by atoms with Gasteiger partial charge in [-0.05, 0) is 43.2 Å². The molecule has 0 aliphatic heterocycles. The van der Waals surface area contributed by atoms with Crippen molar-refractivity contribution in [3.05, 3.63) is 53.6 Å². The number of carbonyl (C=O) groups is 1. The van der Waals surface area contributed by atoms with E-state index in [2.05, 4.69) is 10.0 Å². The minimum atomic E-state index is -3.77. The summed E-state index contributed by atoms with van der Waals surface area (Å²) >= 11 is 6.14. The van der Waals surface area contributed by atoms with Gasteiger partial charge in [0.05, 0.1) is 9.92 Å². The number of amides is 1. The van der Waals surface area contributed by atoms with E-state index in [0.29, 0.717) is 5.69 Å². The van der Waals surface area contributed by atoms with Gasteiger partial charge in [-0.15, -0.1) is 0 Å². The summed E-state index contributed by atoms with van der Waals surface area (Å²) in [5, 5.41) is 3.04. The number of halogens is 1. The highest BCUT2D eigenvalue weighted by atomic mass is 35.5. The smallest absolute Gasteiger partial charge is 0.261 e. The van der Waals surface area contributed by atoms with Crippen LogP contribution in [0.1, 0.15) is 25.7 Å². The first-order valence-electron chi connectivity index (χ1n) is 8.73. The molecule has 0 unspecified atom stereocenters. The maximum Gasteiger partial charge on any atom is 0.261 e. The number of para-hydroxylation sites is 1. The quantitative estimate of drug-likeness (QED) is 0.733. The second-order valence-electron chi connectivity index (χ2n) is 6.40. The third kappa shape index (κ3) is 5.37. The first-order valence-corrected chi connectivity index (χ1v) is 10.6. The Morgan fingerprint density at radius 1 is 1.11 bits per heavy atom. The van der Waals surface area contributed by atoms with Gasteiger partial charge in [-0.25, -0.2) is 8.42 Å². The summed E-state index contributed by atoms with van der Waals surface area (Å²) in [5.41, 5.74) is 0.456. The van der Waals surface area contributed by atoms with E-state index in [9.17, 15) is 13.2 Å². The lowest BCUT2D eigenvalue weighted by atomic mass is 10.2. The van der Waals surface area contributed by atoms with Crippen molar-refractivity contribution < 1.29 is 17.9 Å². The van der Waals surface area contributed by atoms with Crippen molar-refractivity contribution in [2.24, 2.45) is 0 Å². The summed E-state index contributed by atoms with van der Waals surface area (Å²) in [6.07, 6.45) is 4.25. The molecule has 0 saturated heterocycles. The summed E-state index contributed by atoms with van der Waals surface area (Å²) in [5.74, 6) is 0.0531. The van der Waals surface area contributed by atoms with Gasteiger partial charge in [0.1, 0.15) is 5.75 Å². The molecule has 1 aliphatic carbocycles. The fourth-order valence-electron chi connectivity index (χ4n) is 2.97. The highest BCUT2D eigenvalue weighted by molar-refractivity contribution is 7.92. The Kier molecular flexibility index (Phi) is 6.23. The highest BCUT2D eigenvalue weighted by Gasteiger charge is 2.19. The zero-order valence-electron chi connectivity index (χ0n) is 14.7. The lowest BCUT2D eigenvalue weighted by Gasteiger charge is -2.14. The summed E-state index contributed by atoms with van der Waals surface area (Å²) < 4.78 is 32.8. The first-order chi connectivity index (χ1) is 12.9. The van der Waals surface area contributed by atoms with Crippen molar-refractivity contribution in [3.8, 4) is 5.75 Å². The Balaban J connectivity index is 1.62. The average molecular weight is 409 g/mol. The second-order valence-corrected chi connectivity index (χ2v) is 8.49. The van der Waals surface area contributed by atoms with E-state index in [1.165, 1.54) is 18.2 Å². The average Bonchev–Trinajstić information content (AvgIpc) is 3.14. The summed E-state index contributed by atoms with van der Waals surface area (Å²) in [4.78, 5) is 11.9. The van der Waals surface area contributed by atoms with Crippen molar-refractivity contribution in [2.75, 3.05) is 11.3 Å². The van der Waals surface area contributed by atoms with Crippen LogP contribution in [-0.4, -0.2) is 27.0 Å². The molecule has 0 radical (unpaired) electrons. The molecule has 0 atom stereocenters. The Morgan fingerprint density at radius 3 is 2.48 bits per heavy atom. The monoisotopic (exact) mass is 408 g/mol. The zero-order valence-corrected chi connectivity index (χ0v) is 16.2. The molecule has 1 amide bonds. The molecule has 1 fully saturated rings. The van der Waals surface area contributed by atoms with E-state index in [-0.39, 0.29) is 34.2 Å². The van der Waals surface area contributed by atoms with Crippen molar-refractivity contribution in [1.82, 2.24) is 5.32 Å². The van der Waals surface area contributed by atoms with Gasteiger partial charge in [0.2, 0.25) is 0 Å². The van der Waals surface area contributed by atoms with Gasteiger partial charge < -0.3 is 10.1 Å². The SMILES string of the molecule is O=C(COc1ccc(S(=O)(=O)Nc2ccccc2)cc1Cl)NC1CCCC1. The van der Waals surface area contributed by atoms with Gasteiger partial charge in [0.15, 0.2) is 6.61 Å². The molecule has 8 heteroatoms. The topological polar surface area (TPSA) is 84.5 Å². The normalized spacial score (nSPS) is 14.7. The molecule has 1 saturated carbocycles. The van der Waals surface area contributed by atoms with E-state index >= 15 is 0 Å². The van der Waals surface area contributed by atoms with Crippen LogP contribution in [0.4, 0.5) is 5.69 Å². The van der Waals surface area contributed by atoms with Crippen LogP contribution in [0.3, 0.4) is 0 Å². The molecule has 144 valence electrons. The van der Waals surface area contributed by atoms with E-state index in [4.69, 9.17) is 16.3 Å². The standard InChI is InChI=1S/C19H21ClN2O4S/c20-17-12-16(27(24,25)22-15-8-2-1-3-9-15)10-11-18(17)26-13-19(23)21-14-6-4-5-7-14/h1-3,8-12,14,22H,4-7,13H2,(H,21,23). The summed E-state index contributed by atoms with van der Waals surface area (Å²) in [6.45, 7) is -0.162. The van der Waals surface area contributed by atoms with Crippen LogP contribution in [0.15, 0.2) is 53.4 Å². The minimum Gasteiger partial charge on any atom is -0.482 e. The molecule has 3 rings (SSSR count). The van der Waals surface area contributed by atoms with E-state index < -0.39 is 10.0 Å².